The number of nitrogens with one attached hydrogen (secondary N) is 2. The Bertz CT molecular complexity index is 1360. The summed E-state index contributed by atoms with van der Waals surface area (Å²) in [6.07, 6.45) is 4.09. The first-order valence-corrected chi connectivity index (χ1v) is 14.0. The number of aliphatic hydroxyl groups is 1. The number of aromatic nitrogens is 2. The van der Waals surface area contributed by atoms with E-state index in [4.69, 9.17) is 0 Å². The Morgan fingerprint density at radius 2 is 1.50 bits per heavy atom. The average molecular weight is 545 g/mol. The van der Waals surface area contributed by atoms with E-state index in [-0.39, 0.29) is 29.8 Å². The fourth-order valence-electron chi connectivity index (χ4n) is 4.83. The minimum Gasteiger partial charge on any atom is -0.388 e. The maximum atomic E-state index is 14.2. The lowest BCUT2D eigenvalue weighted by atomic mass is 9.92. The van der Waals surface area contributed by atoms with Crippen LogP contribution in [-0.4, -0.2) is 71.0 Å². The van der Waals surface area contributed by atoms with E-state index in [2.05, 4.69) is 25.5 Å². The minimum absolute atomic E-state index is 0.0944. The maximum absolute atomic E-state index is 14.2. The van der Waals surface area contributed by atoms with Crippen LogP contribution in [0.2, 0.25) is 0 Å². The van der Waals surface area contributed by atoms with Crippen LogP contribution in [0.5, 0.6) is 0 Å². The molecule has 2 aliphatic rings. The van der Waals surface area contributed by atoms with Crippen LogP contribution in [0.4, 0.5) is 31.9 Å². The third kappa shape index (κ3) is 6.09. The van der Waals surface area contributed by atoms with E-state index in [1.807, 2.05) is 0 Å². The smallest absolute Gasteiger partial charge is 0.243 e. The van der Waals surface area contributed by atoms with Crippen molar-refractivity contribution in [2.45, 2.75) is 36.2 Å². The highest BCUT2D eigenvalue weighted by Crippen LogP contribution is 2.29. The van der Waals surface area contributed by atoms with Gasteiger partial charge in [0.25, 0.3) is 0 Å². The first kappa shape index (κ1) is 26.4. The molecule has 0 saturated carbocycles. The molecule has 0 bridgehead atoms. The Kier molecular flexibility index (Phi) is 7.57. The zero-order valence-corrected chi connectivity index (χ0v) is 21.6. The zero-order valence-electron chi connectivity index (χ0n) is 20.8. The first-order valence-electron chi connectivity index (χ1n) is 12.6. The highest BCUT2D eigenvalue weighted by atomic mass is 32.2. The number of likely N-dealkylation sites (tertiary alicyclic amines) is 1. The number of hydrogen-bond acceptors (Lipinski definition) is 8. The van der Waals surface area contributed by atoms with Gasteiger partial charge in [0.05, 0.1) is 16.7 Å². The molecule has 0 radical (unpaired) electrons. The van der Waals surface area contributed by atoms with Gasteiger partial charge in [-0.15, -0.1) is 0 Å². The van der Waals surface area contributed by atoms with E-state index < -0.39 is 27.3 Å². The predicted octanol–water partition coefficient (Wildman–Crippen LogP) is 3.85. The van der Waals surface area contributed by atoms with Gasteiger partial charge in [-0.2, -0.15) is 9.29 Å². The van der Waals surface area contributed by atoms with E-state index >= 15 is 0 Å². The summed E-state index contributed by atoms with van der Waals surface area (Å²) in [4.78, 5) is 10.5. The summed E-state index contributed by atoms with van der Waals surface area (Å²) < 4.78 is 55.2. The summed E-state index contributed by atoms with van der Waals surface area (Å²) in [6.45, 7) is 3.09. The SMILES string of the molecule is O=S(=O)(c1ccc(Nc2ncc(F)c(Nc3ccc(F)cc3)n2)cc1)N1CCC(O)(CN2CCCC2)CC1. The van der Waals surface area contributed by atoms with Crippen LogP contribution in [0.25, 0.3) is 0 Å². The Balaban J connectivity index is 1.21. The lowest BCUT2D eigenvalue weighted by molar-refractivity contribution is -0.0284. The van der Waals surface area contributed by atoms with Gasteiger partial charge in [0.1, 0.15) is 5.82 Å². The fourth-order valence-corrected chi connectivity index (χ4v) is 6.27. The molecule has 2 saturated heterocycles. The summed E-state index contributed by atoms with van der Waals surface area (Å²) in [5.74, 6) is -1.09. The van der Waals surface area contributed by atoms with E-state index in [1.54, 1.807) is 12.1 Å². The maximum Gasteiger partial charge on any atom is 0.243 e. The average Bonchev–Trinajstić information content (AvgIpc) is 3.40. The molecule has 2 aromatic carbocycles. The molecule has 0 unspecified atom stereocenters. The van der Waals surface area contributed by atoms with Gasteiger partial charge in [-0.05, 0) is 87.3 Å². The number of anilines is 4. The second-order valence-electron chi connectivity index (χ2n) is 9.78. The van der Waals surface area contributed by atoms with Crippen molar-refractivity contribution in [3.05, 3.63) is 66.4 Å². The molecule has 0 amide bonds. The number of rotatable bonds is 8. The summed E-state index contributed by atoms with van der Waals surface area (Å²) in [7, 11) is -3.72. The number of benzene rings is 2. The summed E-state index contributed by atoms with van der Waals surface area (Å²) in [5.41, 5.74) is 0.114. The molecule has 3 heterocycles. The largest absolute Gasteiger partial charge is 0.388 e. The summed E-state index contributed by atoms with van der Waals surface area (Å²) in [6, 6.07) is 11.6. The van der Waals surface area contributed by atoms with Crippen molar-refractivity contribution in [3.8, 4) is 0 Å². The number of β-amino-alcohol motifs (C(OH)–C–C–N with tert-alkyl or cyclic N) is 1. The molecule has 2 fully saturated rings. The van der Waals surface area contributed by atoms with Crippen molar-refractivity contribution in [1.29, 1.82) is 0 Å². The van der Waals surface area contributed by atoms with Crippen LogP contribution in [-0.2, 0) is 10.0 Å². The molecule has 9 nitrogen and oxygen atoms in total. The van der Waals surface area contributed by atoms with Gasteiger partial charge in [-0.1, -0.05) is 0 Å². The van der Waals surface area contributed by atoms with Gasteiger partial charge in [0.2, 0.25) is 16.0 Å². The zero-order chi connectivity index (χ0) is 26.8. The molecule has 2 aliphatic heterocycles. The van der Waals surface area contributed by atoms with Crippen LogP contribution in [0.1, 0.15) is 25.7 Å². The molecule has 202 valence electrons. The Morgan fingerprint density at radius 3 is 2.16 bits per heavy atom. The number of piperidine rings is 1. The number of halogens is 2. The monoisotopic (exact) mass is 544 g/mol. The first-order chi connectivity index (χ1) is 18.2. The molecular weight excluding hydrogens is 514 g/mol. The molecule has 3 N–H and O–H groups in total. The van der Waals surface area contributed by atoms with Gasteiger partial charge in [-0.3, -0.25) is 0 Å². The van der Waals surface area contributed by atoms with Crippen molar-refractivity contribution >= 4 is 33.2 Å². The molecule has 0 atom stereocenters. The van der Waals surface area contributed by atoms with Crippen molar-refractivity contribution in [3.63, 3.8) is 0 Å². The highest BCUT2D eigenvalue weighted by molar-refractivity contribution is 7.89. The molecule has 0 spiro atoms. The lowest BCUT2D eigenvalue weighted by Crippen LogP contribution is -2.51. The molecule has 1 aromatic heterocycles. The van der Waals surface area contributed by atoms with Gasteiger partial charge in [-0.25, -0.2) is 22.2 Å². The van der Waals surface area contributed by atoms with Crippen molar-refractivity contribution in [2.24, 2.45) is 0 Å². The normalized spacial score (nSPS) is 18.4. The van der Waals surface area contributed by atoms with Gasteiger partial charge < -0.3 is 20.6 Å². The van der Waals surface area contributed by atoms with E-state index in [9.17, 15) is 22.3 Å². The van der Waals surface area contributed by atoms with E-state index in [0.717, 1.165) is 32.1 Å². The van der Waals surface area contributed by atoms with Crippen LogP contribution in [0.15, 0.2) is 59.6 Å². The van der Waals surface area contributed by atoms with Crippen LogP contribution in [0, 0.1) is 11.6 Å². The summed E-state index contributed by atoms with van der Waals surface area (Å²) >= 11 is 0. The minimum atomic E-state index is -3.72. The second kappa shape index (κ2) is 10.9. The predicted molar refractivity (Wildman–Crippen MR) is 140 cm³/mol. The van der Waals surface area contributed by atoms with Crippen LogP contribution < -0.4 is 10.6 Å². The van der Waals surface area contributed by atoms with Crippen LogP contribution in [0.3, 0.4) is 0 Å². The van der Waals surface area contributed by atoms with Gasteiger partial charge >= 0.3 is 0 Å². The second-order valence-corrected chi connectivity index (χ2v) is 11.7. The highest BCUT2D eigenvalue weighted by Gasteiger charge is 2.38. The van der Waals surface area contributed by atoms with Crippen LogP contribution >= 0.6 is 0 Å². The molecule has 5 rings (SSSR count). The third-order valence-corrected chi connectivity index (χ3v) is 8.88. The van der Waals surface area contributed by atoms with Gasteiger partial charge in [0, 0.05) is 31.0 Å². The topological polar surface area (TPSA) is 111 Å². The molecule has 0 aliphatic carbocycles. The number of sulfonamides is 1. The van der Waals surface area contributed by atoms with E-state index in [1.165, 1.54) is 40.7 Å². The summed E-state index contributed by atoms with van der Waals surface area (Å²) in [5, 5.41) is 16.7. The fraction of sp³-hybridized carbons (Fsp3) is 0.385. The quantitative estimate of drug-likeness (QED) is 0.392. The molecular formula is C26H30F2N6O3S. The van der Waals surface area contributed by atoms with Gasteiger partial charge in [0.15, 0.2) is 11.6 Å². The number of nitrogens with zero attached hydrogens (tertiary/aromatic N) is 4. The Labute approximate surface area is 220 Å². The van der Waals surface area contributed by atoms with Crippen molar-refractivity contribution in [1.82, 2.24) is 19.2 Å². The molecule has 38 heavy (non-hydrogen) atoms. The third-order valence-electron chi connectivity index (χ3n) is 6.97. The van der Waals surface area contributed by atoms with E-state index in [0.29, 0.717) is 30.8 Å². The van der Waals surface area contributed by atoms with Crippen molar-refractivity contribution < 1.29 is 22.3 Å². The molecule has 3 aromatic rings. The molecule has 12 heteroatoms. The van der Waals surface area contributed by atoms with Crippen molar-refractivity contribution in [2.75, 3.05) is 43.4 Å². The standard InChI is InChI=1S/C26H30F2N6O3S/c27-19-3-5-20(6-4-19)30-24-23(28)17-29-25(32-24)31-21-7-9-22(10-8-21)38(36,37)34-15-11-26(35,12-16-34)18-33-13-1-2-14-33/h3-10,17,35H,1-2,11-16,18H2,(H2,29,30,31,32). The lowest BCUT2D eigenvalue weighted by Gasteiger charge is -2.39. The Hall–Kier alpha value is -3.19. The Morgan fingerprint density at radius 1 is 0.895 bits per heavy atom. The number of hydrogen-bond donors (Lipinski definition) is 3.